The second kappa shape index (κ2) is 9.06. The van der Waals surface area contributed by atoms with Gasteiger partial charge in [-0.1, -0.05) is 32.7 Å². The van der Waals surface area contributed by atoms with Crippen molar-refractivity contribution in [1.82, 2.24) is 15.5 Å². The third kappa shape index (κ3) is 4.20. The summed E-state index contributed by atoms with van der Waals surface area (Å²) in [5.74, 6) is 3.39. The summed E-state index contributed by atoms with van der Waals surface area (Å²) in [5, 5.41) is 6.85. The summed E-state index contributed by atoms with van der Waals surface area (Å²) in [4.78, 5) is 9.23. The van der Waals surface area contributed by atoms with Gasteiger partial charge >= 0.3 is 0 Å². The van der Waals surface area contributed by atoms with Crippen LogP contribution in [0.1, 0.15) is 43.7 Å². The lowest BCUT2D eigenvalue weighted by Gasteiger charge is -2.36. The molecule has 0 radical (unpaired) electrons. The zero-order chi connectivity index (χ0) is 24.0. The Balaban J connectivity index is 1.12. The number of piperidine rings is 1. The number of rotatable bonds is 7. The Kier molecular flexibility index (Phi) is 6.11. The molecule has 3 unspecified atom stereocenters. The monoisotopic (exact) mass is 461 g/mol. The first-order chi connectivity index (χ1) is 16.3. The van der Waals surface area contributed by atoms with E-state index in [1.807, 2.05) is 18.0 Å². The van der Waals surface area contributed by atoms with Crippen molar-refractivity contribution in [1.29, 1.82) is 0 Å². The predicted octanol–water partition coefficient (Wildman–Crippen LogP) is 5.05. The van der Waals surface area contributed by atoms with Gasteiger partial charge in [0.15, 0.2) is 0 Å². The van der Waals surface area contributed by atoms with Gasteiger partial charge in [-0.15, -0.1) is 0 Å². The minimum absolute atomic E-state index is 0.143. The van der Waals surface area contributed by atoms with E-state index < -0.39 is 0 Å². The highest BCUT2D eigenvalue weighted by Gasteiger charge is 2.35. The van der Waals surface area contributed by atoms with Gasteiger partial charge in [0.1, 0.15) is 17.5 Å². The van der Waals surface area contributed by atoms with Gasteiger partial charge in [-0.25, -0.2) is 9.38 Å². The highest BCUT2D eigenvalue weighted by atomic mass is 19.1. The first-order valence-corrected chi connectivity index (χ1v) is 12.4. The van der Waals surface area contributed by atoms with Crippen LogP contribution in [0.2, 0.25) is 0 Å². The molecular weight excluding hydrogens is 425 g/mol. The number of aliphatic imine (C=N–C) groups is 1. The van der Waals surface area contributed by atoms with E-state index in [1.54, 1.807) is 6.07 Å². The lowest BCUT2D eigenvalue weighted by molar-refractivity contribution is 0.389. The zero-order valence-corrected chi connectivity index (χ0v) is 20.5. The van der Waals surface area contributed by atoms with Crippen LogP contribution in [0.15, 0.2) is 65.9 Å². The minimum Gasteiger partial charge on any atom is -0.348 e. The molecule has 6 heteroatoms. The molecular formula is C28H36FN5. The van der Waals surface area contributed by atoms with E-state index >= 15 is 0 Å². The van der Waals surface area contributed by atoms with Gasteiger partial charge in [0.25, 0.3) is 0 Å². The van der Waals surface area contributed by atoms with Crippen LogP contribution in [-0.4, -0.2) is 30.9 Å². The lowest BCUT2D eigenvalue weighted by atomic mass is 9.83. The summed E-state index contributed by atoms with van der Waals surface area (Å²) >= 11 is 0. The summed E-state index contributed by atoms with van der Waals surface area (Å²) in [6.45, 7) is 17.1. The Morgan fingerprint density at radius 2 is 2.03 bits per heavy atom. The number of halogens is 1. The number of fused-ring (bicyclic) bond motifs is 3. The molecule has 4 heterocycles. The van der Waals surface area contributed by atoms with E-state index in [4.69, 9.17) is 4.99 Å². The number of benzene rings is 1. The summed E-state index contributed by atoms with van der Waals surface area (Å²) in [6.07, 6.45) is 7.26. The summed E-state index contributed by atoms with van der Waals surface area (Å²) < 4.78 is 14.6. The van der Waals surface area contributed by atoms with E-state index in [-0.39, 0.29) is 5.82 Å². The van der Waals surface area contributed by atoms with Crippen LogP contribution < -0.4 is 15.5 Å². The summed E-state index contributed by atoms with van der Waals surface area (Å²) in [5.41, 5.74) is 6.13. The molecule has 0 amide bonds. The van der Waals surface area contributed by atoms with Crippen LogP contribution in [0.25, 0.3) is 0 Å². The van der Waals surface area contributed by atoms with Gasteiger partial charge in [-0.3, -0.25) is 0 Å². The average Bonchev–Trinajstić information content (AvgIpc) is 3.29. The molecule has 0 aliphatic carbocycles. The van der Waals surface area contributed by atoms with Gasteiger partial charge in [-0.2, -0.15) is 0 Å². The molecule has 5 nitrogen and oxygen atoms in total. The first-order valence-electron chi connectivity index (χ1n) is 12.4. The zero-order valence-electron chi connectivity index (χ0n) is 20.5. The maximum atomic E-state index is 14.6. The second-order valence-electron chi connectivity index (χ2n) is 10.3. The molecule has 1 aromatic rings. The maximum Gasteiger partial charge on any atom is 0.131 e. The van der Waals surface area contributed by atoms with Crippen LogP contribution in [0, 0.1) is 23.6 Å². The van der Waals surface area contributed by atoms with Gasteiger partial charge in [0.05, 0.1) is 5.69 Å². The summed E-state index contributed by atoms with van der Waals surface area (Å²) in [6, 6.07) is 3.47. The Morgan fingerprint density at radius 1 is 1.21 bits per heavy atom. The second-order valence-corrected chi connectivity index (χ2v) is 10.3. The molecule has 34 heavy (non-hydrogen) atoms. The van der Waals surface area contributed by atoms with Crippen molar-refractivity contribution in [2.45, 2.75) is 45.6 Å². The Hall–Kier alpha value is -2.86. The largest absolute Gasteiger partial charge is 0.348 e. The van der Waals surface area contributed by atoms with Crippen molar-refractivity contribution in [3.05, 3.63) is 77.8 Å². The third-order valence-electron chi connectivity index (χ3n) is 7.86. The molecule has 1 aromatic carbocycles. The van der Waals surface area contributed by atoms with Crippen molar-refractivity contribution < 1.29 is 4.39 Å². The molecule has 0 spiro atoms. The molecule has 2 bridgehead atoms. The maximum absolute atomic E-state index is 14.6. The Labute approximate surface area is 202 Å². The van der Waals surface area contributed by atoms with Crippen molar-refractivity contribution in [3.63, 3.8) is 0 Å². The SMILES string of the molecule is C=C1CC2C=C(N3CC(CCCNCc4c(F)ccc5c4N(C)C(=C)C5)CC3=C)N=C(N1)C2C. The number of nitrogens with one attached hydrogen (secondary N) is 2. The highest BCUT2D eigenvalue weighted by Crippen LogP contribution is 2.38. The summed E-state index contributed by atoms with van der Waals surface area (Å²) in [7, 11) is 1.97. The normalized spacial score (nSPS) is 26.0. The van der Waals surface area contributed by atoms with Crippen LogP contribution in [0.5, 0.6) is 0 Å². The molecule has 4 aliphatic heterocycles. The van der Waals surface area contributed by atoms with Crippen LogP contribution in [0.4, 0.5) is 10.1 Å². The topological polar surface area (TPSA) is 42.9 Å². The fraction of sp³-hybridized carbons (Fsp3) is 0.464. The van der Waals surface area contributed by atoms with Crippen LogP contribution >= 0.6 is 0 Å². The molecule has 180 valence electrons. The van der Waals surface area contributed by atoms with Crippen molar-refractivity contribution in [2.75, 3.05) is 25.0 Å². The van der Waals surface area contributed by atoms with Gasteiger partial charge in [-0.05, 0) is 61.8 Å². The lowest BCUT2D eigenvalue weighted by Crippen LogP contribution is -2.41. The molecule has 4 aliphatic rings. The number of allylic oxidation sites excluding steroid dienone is 4. The van der Waals surface area contributed by atoms with Crippen LogP contribution in [0.3, 0.4) is 0 Å². The quantitative estimate of drug-likeness (QED) is 0.558. The Morgan fingerprint density at radius 3 is 2.82 bits per heavy atom. The number of hydrogen-bond acceptors (Lipinski definition) is 5. The number of likely N-dealkylation sites (tertiary alicyclic amines) is 1. The first kappa shape index (κ1) is 22.9. The van der Waals surface area contributed by atoms with Crippen molar-refractivity contribution in [3.8, 4) is 0 Å². The molecule has 2 fully saturated rings. The third-order valence-corrected chi connectivity index (χ3v) is 7.86. The van der Waals surface area contributed by atoms with Gasteiger partial charge in [0, 0.05) is 55.1 Å². The Bertz CT molecular complexity index is 1100. The molecule has 2 saturated heterocycles. The highest BCUT2D eigenvalue weighted by molar-refractivity contribution is 5.89. The molecule has 3 atom stereocenters. The van der Waals surface area contributed by atoms with E-state index in [0.29, 0.717) is 24.3 Å². The fourth-order valence-corrected chi connectivity index (χ4v) is 5.80. The van der Waals surface area contributed by atoms with Crippen molar-refractivity contribution in [2.24, 2.45) is 22.7 Å². The average molecular weight is 462 g/mol. The number of hydrogen-bond donors (Lipinski definition) is 2. The molecule has 0 aromatic heterocycles. The minimum atomic E-state index is -0.143. The number of nitrogens with zero attached hydrogens (tertiary/aromatic N) is 3. The fourth-order valence-electron chi connectivity index (χ4n) is 5.80. The van der Waals surface area contributed by atoms with E-state index in [2.05, 4.69) is 48.3 Å². The number of amidine groups is 1. The van der Waals surface area contributed by atoms with Crippen LogP contribution in [-0.2, 0) is 13.0 Å². The molecule has 5 rings (SSSR count). The predicted molar refractivity (Wildman–Crippen MR) is 138 cm³/mol. The van der Waals surface area contributed by atoms with E-state index in [0.717, 1.165) is 90.8 Å². The molecule has 2 N–H and O–H groups in total. The number of anilines is 1. The van der Waals surface area contributed by atoms with E-state index in [9.17, 15) is 4.39 Å². The van der Waals surface area contributed by atoms with Gasteiger partial charge in [0.2, 0.25) is 0 Å². The number of likely N-dealkylation sites (N-methyl/N-ethyl adjacent to an activating group) is 1. The van der Waals surface area contributed by atoms with Crippen molar-refractivity contribution >= 4 is 11.5 Å². The van der Waals surface area contributed by atoms with Gasteiger partial charge < -0.3 is 20.4 Å². The smallest absolute Gasteiger partial charge is 0.131 e. The van der Waals surface area contributed by atoms with E-state index in [1.165, 1.54) is 0 Å². The standard InChI is InChI=1S/C28H36FN5/c1-17-11-23-14-26(32-28(31-17)20(23)4)34-16-21(12-19(34)3)7-6-10-30-15-24-25(29)9-8-22-13-18(2)33(5)27(22)24/h8-9,14,20-21,23,30H,1-3,6-7,10-13,15-16H2,4-5H3,(H,31,32). The molecule has 0 saturated carbocycles.